The van der Waals surface area contributed by atoms with E-state index in [0.717, 1.165) is 0 Å². The van der Waals surface area contributed by atoms with Gasteiger partial charge in [-0.3, -0.25) is 0 Å². The lowest BCUT2D eigenvalue weighted by Crippen LogP contribution is -2.55. The van der Waals surface area contributed by atoms with Gasteiger partial charge in [-0.2, -0.15) is 9.65 Å². The third-order valence-corrected chi connectivity index (χ3v) is 9.83. The largest absolute Gasteiger partial charge is 0.598 e. The van der Waals surface area contributed by atoms with Crippen molar-refractivity contribution in [1.29, 1.82) is 5.26 Å². The highest BCUT2D eigenvalue weighted by molar-refractivity contribution is 9.10. The number of pyridine rings is 1. The van der Waals surface area contributed by atoms with Crippen molar-refractivity contribution in [2.75, 3.05) is 5.75 Å². The fraction of sp³-hybridized carbons (Fsp3) is 0.667. The molecule has 0 radical (unpaired) electrons. The number of sulfone groups is 1. The summed E-state index contributed by atoms with van der Waals surface area (Å²) in [4.78, 5) is 3.66. The molecular weight excluding hydrogens is 469 g/mol. The molecule has 1 unspecified atom stereocenters. The number of aromatic nitrogens is 1. The SMILES string of the molecule is CC(C)(C)[S@@+]([O-])N[C@@](C)(CS(=O)(=O)C(C)(C#N)C1CC1)c1cc(Br)cnc1F. The third-order valence-electron chi connectivity index (χ3n) is 4.98. The highest BCUT2D eigenvalue weighted by atomic mass is 79.9. The summed E-state index contributed by atoms with van der Waals surface area (Å²) >= 11 is 1.54. The molecule has 10 heteroatoms. The fourth-order valence-electron chi connectivity index (χ4n) is 2.91. The van der Waals surface area contributed by atoms with Crippen molar-refractivity contribution >= 4 is 37.1 Å². The third kappa shape index (κ3) is 4.70. The molecule has 0 saturated heterocycles. The van der Waals surface area contributed by atoms with Gasteiger partial charge in [0, 0.05) is 27.6 Å². The number of hydrogen-bond donors (Lipinski definition) is 1. The maximum absolute atomic E-state index is 14.6. The van der Waals surface area contributed by atoms with E-state index in [-0.39, 0.29) is 11.5 Å². The first-order valence-electron chi connectivity index (χ1n) is 8.81. The van der Waals surface area contributed by atoms with E-state index >= 15 is 0 Å². The van der Waals surface area contributed by atoms with Crippen LogP contribution in [0.3, 0.4) is 0 Å². The molecule has 1 saturated carbocycles. The Hall–Kier alpha value is -0.730. The van der Waals surface area contributed by atoms with Gasteiger partial charge in [-0.05, 0) is 75.4 Å². The second-order valence-electron chi connectivity index (χ2n) is 8.56. The van der Waals surface area contributed by atoms with Crippen LogP contribution in [0.5, 0.6) is 0 Å². The molecule has 1 fully saturated rings. The Balaban J connectivity index is 2.56. The average Bonchev–Trinajstić information content (AvgIpc) is 3.39. The van der Waals surface area contributed by atoms with Gasteiger partial charge in [0.1, 0.15) is 10.3 Å². The van der Waals surface area contributed by atoms with Crippen molar-refractivity contribution in [3.63, 3.8) is 0 Å². The van der Waals surface area contributed by atoms with Crippen molar-refractivity contribution < 1.29 is 17.4 Å². The summed E-state index contributed by atoms with van der Waals surface area (Å²) in [5.41, 5.74) is -1.58. The van der Waals surface area contributed by atoms with Crippen LogP contribution in [0, 0.1) is 23.2 Å². The number of halogens is 2. The minimum Gasteiger partial charge on any atom is -0.598 e. The molecular formula is C18H25BrFN3O3S2. The normalized spacial score (nSPS) is 20.7. The van der Waals surface area contributed by atoms with E-state index in [9.17, 15) is 22.6 Å². The second-order valence-corrected chi connectivity index (χ2v) is 13.8. The molecule has 6 nitrogen and oxygen atoms in total. The quantitative estimate of drug-likeness (QED) is 0.460. The predicted molar refractivity (Wildman–Crippen MR) is 111 cm³/mol. The Bertz CT molecular complexity index is 896. The van der Waals surface area contributed by atoms with E-state index in [0.29, 0.717) is 17.3 Å². The Kier molecular flexibility index (Phi) is 6.59. The van der Waals surface area contributed by atoms with Gasteiger partial charge in [-0.15, -0.1) is 4.72 Å². The zero-order valence-electron chi connectivity index (χ0n) is 16.5. The van der Waals surface area contributed by atoms with Crippen LogP contribution in [-0.4, -0.2) is 33.2 Å². The number of nitrogens with zero attached hydrogens (tertiary/aromatic N) is 2. The van der Waals surface area contributed by atoms with Crippen LogP contribution in [-0.2, 0) is 26.7 Å². The topological polar surface area (TPSA) is 106 Å². The van der Waals surface area contributed by atoms with Crippen LogP contribution in [0.4, 0.5) is 4.39 Å². The molecule has 0 aliphatic heterocycles. The Labute approximate surface area is 177 Å². The lowest BCUT2D eigenvalue weighted by molar-refractivity contribution is 0.421. The van der Waals surface area contributed by atoms with Gasteiger partial charge in [0.15, 0.2) is 14.6 Å². The van der Waals surface area contributed by atoms with Crippen molar-refractivity contribution in [3.05, 3.63) is 28.2 Å². The molecule has 1 aliphatic carbocycles. The number of rotatable bonds is 7. The van der Waals surface area contributed by atoms with Crippen molar-refractivity contribution in [2.24, 2.45) is 5.92 Å². The molecule has 2 rings (SSSR count). The fourth-order valence-corrected chi connectivity index (χ4v) is 6.40. The van der Waals surface area contributed by atoms with E-state index in [1.54, 1.807) is 20.8 Å². The van der Waals surface area contributed by atoms with Crippen molar-refractivity contribution in [2.45, 2.75) is 62.5 Å². The maximum Gasteiger partial charge on any atom is 0.218 e. The molecule has 1 N–H and O–H groups in total. The van der Waals surface area contributed by atoms with Gasteiger partial charge in [-0.25, -0.2) is 13.4 Å². The molecule has 28 heavy (non-hydrogen) atoms. The van der Waals surface area contributed by atoms with Crippen LogP contribution in [0.15, 0.2) is 16.7 Å². The molecule has 0 amide bonds. The predicted octanol–water partition coefficient (Wildman–Crippen LogP) is 3.36. The molecule has 0 aromatic carbocycles. The summed E-state index contributed by atoms with van der Waals surface area (Å²) in [6.07, 6.45) is 2.58. The van der Waals surface area contributed by atoms with Gasteiger partial charge >= 0.3 is 0 Å². The smallest absolute Gasteiger partial charge is 0.218 e. The number of nitriles is 1. The van der Waals surface area contributed by atoms with E-state index in [4.69, 9.17) is 0 Å². The van der Waals surface area contributed by atoms with Gasteiger partial charge in [0.25, 0.3) is 0 Å². The van der Waals surface area contributed by atoms with Gasteiger partial charge < -0.3 is 4.55 Å². The Morgan fingerprint density at radius 2 is 1.96 bits per heavy atom. The molecule has 1 aromatic rings. The monoisotopic (exact) mass is 493 g/mol. The van der Waals surface area contributed by atoms with Crippen molar-refractivity contribution in [1.82, 2.24) is 9.71 Å². The van der Waals surface area contributed by atoms with E-state index in [2.05, 4.69) is 25.6 Å². The van der Waals surface area contributed by atoms with Crippen LogP contribution in [0.25, 0.3) is 0 Å². The van der Waals surface area contributed by atoms with E-state index < -0.39 is 47.9 Å². The van der Waals surface area contributed by atoms with Crippen molar-refractivity contribution in [3.8, 4) is 6.07 Å². The van der Waals surface area contributed by atoms with Gasteiger partial charge in [0.2, 0.25) is 5.95 Å². The molecule has 3 atom stereocenters. The van der Waals surface area contributed by atoms with Crippen LogP contribution >= 0.6 is 15.9 Å². The molecule has 1 aromatic heterocycles. The first-order valence-corrected chi connectivity index (χ1v) is 12.4. The van der Waals surface area contributed by atoms with Crippen LogP contribution in [0.1, 0.15) is 53.0 Å². The summed E-state index contributed by atoms with van der Waals surface area (Å²) in [6, 6.07) is 3.38. The molecule has 1 heterocycles. The number of hydrogen-bond acceptors (Lipinski definition) is 6. The summed E-state index contributed by atoms with van der Waals surface area (Å²) in [6.45, 7) is 8.07. The molecule has 0 spiro atoms. The summed E-state index contributed by atoms with van der Waals surface area (Å²) in [5, 5.41) is 9.61. The van der Waals surface area contributed by atoms with Crippen LogP contribution in [0.2, 0.25) is 0 Å². The first kappa shape index (κ1) is 23.5. The zero-order chi connectivity index (χ0) is 21.5. The van der Waals surface area contributed by atoms with Gasteiger partial charge in [0.05, 0.1) is 11.8 Å². The minimum atomic E-state index is -4.00. The minimum absolute atomic E-state index is 0.0286. The Morgan fingerprint density at radius 3 is 2.43 bits per heavy atom. The lowest BCUT2D eigenvalue weighted by Gasteiger charge is -2.36. The highest BCUT2D eigenvalue weighted by Gasteiger charge is 2.55. The van der Waals surface area contributed by atoms with Gasteiger partial charge in [-0.1, -0.05) is 0 Å². The summed E-state index contributed by atoms with van der Waals surface area (Å²) in [7, 11) is -4.00. The molecule has 156 valence electrons. The lowest BCUT2D eigenvalue weighted by atomic mass is 9.97. The van der Waals surface area contributed by atoms with Crippen LogP contribution < -0.4 is 4.72 Å². The highest BCUT2D eigenvalue weighted by Crippen LogP contribution is 2.45. The second kappa shape index (κ2) is 7.84. The standard InChI is InChI=1S/C18H25BrFN3O3S2/c1-16(2,3)27(24)23-17(4,14-8-13(19)9-22-15(14)20)11-28(25,26)18(5,10-21)12-6-7-12/h8-9,12,23H,6-7,11H2,1-5H3/t17-,18?,27+/m0/s1. The Morgan fingerprint density at radius 1 is 1.39 bits per heavy atom. The maximum atomic E-state index is 14.6. The zero-order valence-corrected chi connectivity index (χ0v) is 19.8. The number of nitrogens with one attached hydrogen (secondary N) is 1. The first-order chi connectivity index (χ1) is 12.7. The summed E-state index contributed by atoms with van der Waals surface area (Å²) in [5.74, 6) is -1.69. The average molecular weight is 494 g/mol. The summed E-state index contributed by atoms with van der Waals surface area (Å²) < 4.78 is 54.9. The molecule has 0 bridgehead atoms. The molecule has 1 aliphatic rings. The van der Waals surface area contributed by atoms with E-state index in [1.165, 1.54) is 26.1 Å². The van der Waals surface area contributed by atoms with E-state index in [1.807, 2.05) is 6.07 Å².